The molecule has 3 amide bonds. The number of aromatic nitrogens is 3. The van der Waals surface area contributed by atoms with Gasteiger partial charge in [0, 0.05) is 13.1 Å². The van der Waals surface area contributed by atoms with Gasteiger partial charge in [-0.25, -0.2) is 4.79 Å². The zero-order valence-electron chi connectivity index (χ0n) is 17.9. The molecule has 0 unspecified atom stereocenters. The number of imide groups is 1. The first-order valence-corrected chi connectivity index (χ1v) is 11.5. The lowest BCUT2D eigenvalue weighted by Gasteiger charge is -2.13. The Kier molecular flexibility index (Phi) is 7.06. The van der Waals surface area contributed by atoms with Gasteiger partial charge < -0.3 is 10.1 Å². The lowest BCUT2D eigenvalue weighted by atomic mass is 10.2. The van der Waals surface area contributed by atoms with Gasteiger partial charge in [-0.3, -0.25) is 14.3 Å². The maximum Gasteiger partial charge on any atom is 0.324 e. The molecule has 1 N–H and O–H groups in total. The van der Waals surface area contributed by atoms with Gasteiger partial charge >= 0.3 is 6.03 Å². The minimum Gasteiger partial charge on any atom is -0.486 e. The summed E-state index contributed by atoms with van der Waals surface area (Å²) < 4.78 is 7.90. The number of benzene rings is 2. The molecule has 32 heavy (non-hydrogen) atoms. The molecule has 9 heteroatoms. The lowest BCUT2D eigenvalue weighted by Crippen LogP contribution is -2.35. The Morgan fingerprint density at radius 2 is 1.88 bits per heavy atom. The van der Waals surface area contributed by atoms with Crippen molar-refractivity contribution in [2.75, 3.05) is 18.8 Å². The third-order valence-electron chi connectivity index (χ3n) is 5.16. The van der Waals surface area contributed by atoms with E-state index in [1.807, 2.05) is 59.2 Å². The van der Waals surface area contributed by atoms with E-state index in [9.17, 15) is 9.59 Å². The third-order valence-corrected chi connectivity index (χ3v) is 6.11. The Morgan fingerprint density at radius 3 is 2.56 bits per heavy atom. The zero-order valence-corrected chi connectivity index (χ0v) is 18.7. The van der Waals surface area contributed by atoms with E-state index < -0.39 is 0 Å². The molecular weight excluding hydrogens is 426 g/mol. The van der Waals surface area contributed by atoms with Crippen LogP contribution in [-0.4, -0.2) is 50.4 Å². The first kappa shape index (κ1) is 21.9. The van der Waals surface area contributed by atoms with E-state index in [1.54, 1.807) is 0 Å². The molecular formula is C23H25N5O3S. The molecule has 1 aliphatic heterocycles. The standard InChI is InChI=1S/C23H25N5O3S/c1-2-17-8-10-19(11-9-17)31-15-20-25-26-23(28(20)14-18-6-4-3-5-7-18)32-16-21(29)27-13-12-24-22(27)30/h3-11H,2,12-16H2,1H3,(H,24,30). The number of rotatable bonds is 9. The van der Waals surface area contributed by atoms with E-state index in [0.29, 0.717) is 30.6 Å². The maximum atomic E-state index is 12.4. The number of carbonyl (C=O) groups is 2. The predicted octanol–water partition coefficient (Wildman–Crippen LogP) is 3.11. The largest absolute Gasteiger partial charge is 0.486 e. The average Bonchev–Trinajstić information content (AvgIpc) is 3.43. The molecule has 1 saturated heterocycles. The Bertz CT molecular complexity index is 1070. The van der Waals surface area contributed by atoms with Gasteiger partial charge in [-0.15, -0.1) is 10.2 Å². The van der Waals surface area contributed by atoms with Gasteiger partial charge in [0.1, 0.15) is 12.4 Å². The Hall–Kier alpha value is -3.33. The van der Waals surface area contributed by atoms with Crippen molar-refractivity contribution in [3.8, 4) is 5.75 Å². The first-order chi connectivity index (χ1) is 15.6. The molecule has 1 aliphatic rings. The predicted molar refractivity (Wildman–Crippen MR) is 122 cm³/mol. The summed E-state index contributed by atoms with van der Waals surface area (Å²) in [5.74, 6) is 1.30. The normalized spacial score (nSPS) is 13.3. The summed E-state index contributed by atoms with van der Waals surface area (Å²) in [4.78, 5) is 25.4. The van der Waals surface area contributed by atoms with Gasteiger partial charge in [0.05, 0.1) is 12.3 Å². The third kappa shape index (κ3) is 5.28. The minimum absolute atomic E-state index is 0.111. The van der Waals surface area contributed by atoms with Gasteiger partial charge in [-0.2, -0.15) is 0 Å². The number of aryl methyl sites for hydroxylation is 1. The van der Waals surface area contributed by atoms with Crippen molar-refractivity contribution in [2.24, 2.45) is 0 Å². The molecule has 0 atom stereocenters. The summed E-state index contributed by atoms with van der Waals surface area (Å²) in [6.45, 7) is 3.81. The van der Waals surface area contributed by atoms with Crippen LogP contribution in [-0.2, 0) is 24.4 Å². The fraction of sp³-hybridized carbons (Fsp3) is 0.304. The summed E-state index contributed by atoms with van der Waals surface area (Å²) in [5, 5.41) is 11.9. The van der Waals surface area contributed by atoms with Crippen molar-refractivity contribution in [3.63, 3.8) is 0 Å². The van der Waals surface area contributed by atoms with Gasteiger partial charge in [0.15, 0.2) is 11.0 Å². The Morgan fingerprint density at radius 1 is 1.09 bits per heavy atom. The molecule has 8 nitrogen and oxygen atoms in total. The van der Waals surface area contributed by atoms with Crippen LogP contribution in [0.15, 0.2) is 59.8 Å². The Labute approximate surface area is 191 Å². The van der Waals surface area contributed by atoms with Crippen LogP contribution in [0, 0.1) is 0 Å². The second kappa shape index (κ2) is 10.3. The van der Waals surface area contributed by atoms with Crippen LogP contribution in [0.3, 0.4) is 0 Å². The molecule has 166 valence electrons. The smallest absolute Gasteiger partial charge is 0.324 e. The molecule has 0 bridgehead atoms. The topological polar surface area (TPSA) is 89.4 Å². The fourth-order valence-electron chi connectivity index (χ4n) is 3.34. The van der Waals surface area contributed by atoms with Crippen LogP contribution in [0.2, 0.25) is 0 Å². The average molecular weight is 452 g/mol. The molecule has 4 rings (SSSR count). The Balaban J connectivity index is 1.48. The van der Waals surface area contributed by atoms with Crippen molar-refractivity contribution in [2.45, 2.75) is 31.7 Å². The number of hydrogen-bond acceptors (Lipinski definition) is 6. The summed E-state index contributed by atoms with van der Waals surface area (Å²) in [6, 6.07) is 17.6. The van der Waals surface area contributed by atoms with Crippen LogP contribution in [0.4, 0.5) is 4.79 Å². The van der Waals surface area contributed by atoms with Crippen molar-refractivity contribution < 1.29 is 14.3 Å². The molecule has 2 heterocycles. The SMILES string of the molecule is CCc1ccc(OCc2nnc(SCC(=O)N3CCNC3=O)n2Cc2ccccc2)cc1. The highest BCUT2D eigenvalue weighted by molar-refractivity contribution is 7.99. The van der Waals surface area contributed by atoms with Gasteiger partial charge in [-0.05, 0) is 29.7 Å². The quantitative estimate of drug-likeness (QED) is 0.503. The highest BCUT2D eigenvalue weighted by atomic mass is 32.2. The second-order valence-electron chi connectivity index (χ2n) is 7.32. The van der Waals surface area contributed by atoms with E-state index in [4.69, 9.17) is 4.74 Å². The van der Waals surface area contributed by atoms with Crippen molar-refractivity contribution in [3.05, 3.63) is 71.5 Å². The first-order valence-electron chi connectivity index (χ1n) is 10.5. The summed E-state index contributed by atoms with van der Waals surface area (Å²) in [5.41, 5.74) is 2.34. The van der Waals surface area contributed by atoms with Crippen LogP contribution in [0.1, 0.15) is 23.9 Å². The number of nitrogens with zero attached hydrogens (tertiary/aromatic N) is 4. The number of amides is 3. The number of nitrogens with one attached hydrogen (secondary N) is 1. The second-order valence-corrected chi connectivity index (χ2v) is 8.27. The monoisotopic (exact) mass is 451 g/mol. The summed E-state index contributed by atoms with van der Waals surface area (Å²) >= 11 is 1.27. The lowest BCUT2D eigenvalue weighted by molar-refractivity contribution is -0.124. The van der Waals surface area contributed by atoms with Crippen LogP contribution < -0.4 is 10.1 Å². The van der Waals surface area contributed by atoms with Gasteiger partial charge in [0.2, 0.25) is 5.91 Å². The fourth-order valence-corrected chi connectivity index (χ4v) is 4.17. The van der Waals surface area contributed by atoms with E-state index >= 15 is 0 Å². The number of urea groups is 1. The molecule has 0 radical (unpaired) electrons. The van der Waals surface area contributed by atoms with E-state index in [1.165, 1.54) is 22.2 Å². The van der Waals surface area contributed by atoms with Crippen LogP contribution in [0.5, 0.6) is 5.75 Å². The van der Waals surface area contributed by atoms with Gasteiger partial charge in [0.25, 0.3) is 0 Å². The number of hydrogen-bond donors (Lipinski definition) is 1. The highest BCUT2D eigenvalue weighted by Crippen LogP contribution is 2.21. The minimum atomic E-state index is -0.343. The van der Waals surface area contributed by atoms with E-state index in [-0.39, 0.29) is 24.3 Å². The van der Waals surface area contributed by atoms with Crippen molar-refractivity contribution in [1.82, 2.24) is 25.0 Å². The maximum absolute atomic E-state index is 12.4. The molecule has 3 aromatic rings. The zero-order chi connectivity index (χ0) is 22.3. The highest BCUT2D eigenvalue weighted by Gasteiger charge is 2.26. The molecule has 0 spiro atoms. The van der Waals surface area contributed by atoms with E-state index in [2.05, 4.69) is 22.4 Å². The van der Waals surface area contributed by atoms with E-state index in [0.717, 1.165) is 17.7 Å². The molecule has 1 fully saturated rings. The van der Waals surface area contributed by atoms with Crippen LogP contribution >= 0.6 is 11.8 Å². The van der Waals surface area contributed by atoms with Crippen LogP contribution in [0.25, 0.3) is 0 Å². The molecule has 0 saturated carbocycles. The summed E-state index contributed by atoms with van der Waals surface area (Å²) in [6.07, 6.45) is 0.976. The number of thioether (sulfide) groups is 1. The van der Waals surface area contributed by atoms with Crippen molar-refractivity contribution in [1.29, 1.82) is 0 Å². The number of ether oxygens (including phenoxy) is 1. The van der Waals surface area contributed by atoms with Crippen molar-refractivity contribution >= 4 is 23.7 Å². The molecule has 2 aromatic carbocycles. The molecule has 1 aromatic heterocycles. The summed E-state index contributed by atoms with van der Waals surface area (Å²) in [7, 11) is 0. The number of carbonyl (C=O) groups excluding carboxylic acids is 2. The van der Waals surface area contributed by atoms with Gasteiger partial charge in [-0.1, -0.05) is 61.2 Å². The molecule has 0 aliphatic carbocycles.